The number of amides is 1. The van der Waals surface area contributed by atoms with E-state index < -0.39 is 0 Å². The standard InChI is InChI=1S/C22H24N2O3S2/c1-12-4-5-17-15(10-12)16(26)11-22(29-17)6-8-24(9-7-22)21(27)18-13(2)19(14(3)25)28-20(18)23/h4-5,10H,6-9,11,23H2,1-3H3. The Labute approximate surface area is 178 Å². The maximum atomic E-state index is 13.1. The minimum Gasteiger partial charge on any atom is -0.390 e. The van der Waals surface area contributed by atoms with Crippen molar-refractivity contribution >= 4 is 45.6 Å². The molecule has 0 bridgehead atoms. The van der Waals surface area contributed by atoms with Gasteiger partial charge in [0.15, 0.2) is 11.6 Å². The molecule has 0 radical (unpaired) electrons. The number of thiophene rings is 1. The van der Waals surface area contributed by atoms with E-state index >= 15 is 0 Å². The number of Topliss-reactive ketones (excluding diaryl/α,β-unsaturated/α-hetero) is 2. The first kappa shape index (κ1) is 20.2. The first-order valence-electron chi connectivity index (χ1n) is 9.73. The molecule has 1 aromatic heterocycles. The third-order valence-corrected chi connectivity index (χ3v) is 8.70. The van der Waals surface area contributed by atoms with Crippen LogP contribution in [0.15, 0.2) is 23.1 Å². The van der Waals surface area contributed by atoms with Crippen LogP contribution < -0.4 is 5.73 Å². The summed E-state index contributed by atoms with van der Waals surface area (Å²) in [5, 5.41) is 0.407. The number of ketones is 2. The molecule has 2 aliphatic heterocycles. The summed E-state index contributed by atoms with van der Waals surface area (Å²) >= 11 is 2.98. The topological polar surface area (TPSA) is 80.5 Å². The van der Waals surface area contributed by atoms with Crippen molar-refractivity contribution < 1.29 is 14.4 Å². The zero-order valence-corrected chi connectivity index (χ0v) is 18.5. The molecule has 5 nitrogen and oxygen atoms in total. The van der Waals surface area contributed by atoms with Crippen LogP contribution >= 0.6 is 23.1 Å². The monoisotopic (exact) mass is 428 g/mol. The number of nitrogens with zero attached hydrogens (tertiary/aromatic N) is 1. The normalized spacial score (nSPS) is 18.0. The number of thioether (sulfide) groups is 1. The average Bonchev–Trinajstić information content (AvgIpc) is 2.97. The highest BCUT2D eigenvalue weighted by atomic mass is 32.2. The molecule has 0 atom stereocenters. The lowest BCUT2D eigenvalue weighted by Gasteiger charge is -2.43. The summed E-state index contributed by atoms with van der Waals surface area (Å²) in [6.45, 7) is 6.46. The van der Waals surface area contributed by atoms with Crippen molar-refractivity contribution in [1.82, 2.24) is 4.90 Å². The molecule has 1 fully saturated rings. The summed E-state index contributed by atoms with van der Waals surface area (Å²) in [6, 6.07) is 6.07. The zero-order valence-electron chi connectivity index (χ0n) is 16.8. The van der Waals surface area contributed by atoms with E-state index in [-0.39, 0.29) is 22.2 Å². The molecule has 1 spiro atoms. The molecule has 0 aliphatic carbocycles. The molecule has 2 aromatic rings. The molecule has 0 unspecified atom stereocenters. The number of likely N-dealkylation sites (tertiary alicyclic amines) is 1. The number of anilines is 1. The van der Waals surface area contributed by atoms with Crippen LogP contribution in [-0.2, 0) is 0 Å². The zero-order chi connectivity index (χ0) is 20.9. The molecule has 4 rings (SSSR count). The number of rotatable bonds is 2. The lowest BCUT2D eigenvalue weighted by Crippen LogP contribution is -2.47. The minimum atomic E-state index is -0.143. The lowest BCUT2D eigenvalue weighted by molar-refractivity contribution is 0.0697. The number of piperidine rings is 1. The molecule has 152 valence electrons. The van der Waals surface area contributed by atoms with Gasteiger partial charge in [0.05, 0.1) is 15.4 Å². The van der Waals surface area contributed by atoms with Gasteiger partial charge >= 0.3 is 0 Å². The number of carbonyl (C=O) groups excluding carboxylic acids is 3. The first-order valence-corrected chi connectivity index (χ1v) is 11.4. The second-order valence-corrected chi connectivity index (χ2v) is 10.6. The number of carbonyl (C=O) groups is 3. The Bertz CT molecular complexity index is 1030. The molecule has 29 heavy (non-hydrogen) atoms. The average molecular weight is 429 g/mol. The Kier molecular flexibility index (Phi) is 5.07. The van der Waals surface area contributed by atoms with Crippen LogP contribution in [0.2, 0.25) is 0 Å². The van der Waals surface area contributed by atoms with Gasteiger partial charge in [0.2, 0.25) is 0 Å². The highest BCUT2D eigenvalue weighted by Crippen LogP contribution is 2.49. The largest absolute Gasteiger partial charge is 0.390 e. The van der Waals surface area contributed by atoms with Gasteiger partial charge in [-0.3, -0.25) is 14.4 Å². The predicted molar refractivity (Wildman–Crippen MR) is 117 cm³/mol. The SMILES string of the molecule is CC(=O)c1sc(N)c(C(=O)N2CCC3(CC2)CC(=O)c2cc(C)ccc2S3)c1C. The van der Waals surface area contributed by atoms with Crippen molar-refractivity contribution in [3.63, 3.8) is 0 Å². The van der Waals surface area contributed by atoms with Crippen molar-refractivity contribution in [2.75, 3.05) is 18.8 Å². The van der Waals surface area contributed by atoms with E-state index in [2.05, 4.69) is 0 Å². The Morgan fingerprint density at radius 2 is 1.86 bits per heavy atom. The number of nitrogens with two attached hydrogens (primary N) is 1. The fourth-order valence-electron chi connectivity index (χ4n) is 4.30. The Balaban J connectivity index is 1.52. The van der Waals surface area contributed by atoms with Gasteiger partial charge in [-0.05, 0) is 51.3 Å². The molecule has 2 aliphatic rings. The van der Waals surface area contributed by atoms with Gasteiger partial charge in [-0.1, -0.05) is 11.6 Å². The number of hydrogen-bond donors (Lipinski definition) is 1. The maximum Gasteiger partial charge on any atom is 0.257 e. The summed E-state index contributed by atoms with van der Waals surface area (Å²) in [7, 11) is 0. The molecular weight excluding hydrogens is 404 g/mol. The Morgan fingerprint density at radius 3 is 2.48 bits per heavy atom. The van der Waals surface area contributed by atoms with Crippen LogP contribution in [0.3, 0.4) is 0 Å². The summed E-state index contributed by atoms with van der Waals surface area (Å²) in [6.07, 6.45) is 2.06. The second kappa shape index (κ2) is 7.29. The van der Waals surface area contributed by atoms with Crippen molar-refractivity contribution in [1.29, 1.82) is 0 Å². The van der Waals surface area contributed by atoms with Gasteiger partial charge in [-0.25, -0.2) is 0 Å². The number of fused-ring (bicyclic) bond motifs is 1. The number of aryl methyl sites for hydroxylation is 1. The summed E-state index contributed by atoms with van der Waals surface area (Å²) in [5.74, 6) is 0.0230. The predicted octanol–water partition coefficient (Wildman–Crippen LogP) is 4.50. The molecule has 0 saturated carbocycles. The quantitative estimate of drug-likeness (QED) is 0.712. The van der Waals surface area contributed by atoms with Crippen LogP contribution in [0.1, 0.15) is 67.7 Å². The minimum absolute atomic E-state index is 0.0677. The lowest BCUT2D eigenvalue weighted by atomic mass is 9.87. The number of hydrogen-bond acceptors (Lipinski definition) is 6. The first-order chi connectivity index (χ1) is 13.7. The van der Waals surface area contributed by atoms with Gasteiger partial charge < -0.3 is 10.6 Å². The van der Waals surface area contributed by atoms with E-state index in [4.69, 9.17) is 5.73 Å². The van der Waals surface area contributed by atoms with Crippen LogP contribution in [0.25, 0.3) is 0 Å². The number of benzene rings is 1. The van der Waals surface area contributed by atoms with Gasteiger partial charge in [-0.15, -0.1) is 23.1 Å². The van der Waals surface area contributed by atoms with Crippen LogP contribution in [-0.4, -0.2) is 40.2 Å². The Hall–Kier alpha value is -2.12. The highest BCUT2D eigenvalue weighted by molar-refractivity contribution is 8.01. The summed E-state index contributed by atoms with van der Waals surface area (Å²) in [5.41, 5.74) is 9.15. The van der Waals surface area contributed by atoms with E-state index in [1.807, 2.05) is 30.0 Å². The van der Waals surface area contributed by atoms with Crippen molar-refractivity contribution in [2.24, 2.45) is 0 Å². The van der Waals surface area contributed by atoms with Crippen molar-refractivity contribution in [2.45, 2.75) is 49.7 Å². The molecule has 1 saturated heterocycles. The van der Waals surface area contributed by atoms with Gasteiger partial charge in [0.1, 0.15) is 0 Å². The van der Waals surface area contributed by atoms with E-state index in [1.54, 1.807) is 18.7 Å². The summed E-state index contributed by atoms with van der Waals surface area (Å²) in [4.78, 5) is 41.1. The van der Waals surface area contributed by atoms with E-state index in [1.165, 1.54) is 18.3 Å². The van der Waals surface area contributed by atoms with Gasteiger partial charge in [0.25, 0.3) is 5.91 Å². The maximum absolute atomic E-state index is 13.1. The van der Waals surface area contributed by atoms with Crippen LogP contribution in [0, 0.1) is 13.8 Å². The molecule has 1 amide bonds. The molecule has 3 heterocycles. The van der Waals surface area contributed by atoms with E-state index in [9.17, 15) is 14.4 Å². The fourth-order valence-corrected chi connectivity index (χ4v) is 6.74. The molecule has 1 aromatic carbocycles. The van der Waals surface area contributed by atoms with Crippen LogP contribution in [0.5, 0.6) is 0 Å². The third-order valence-electron chi connectivity index (χ3n) is 5.91. The van der Waals surface area contributed by atoms with Crippen LogP contribution in [0.4, 0.5) is 5.00 Å². The molecular formula is C22H24N2O3S2. The van der Waals surface area contributed by atoms with Crippen molar-refractivity contribution in [3.8, 4) is 0 Å². The smallest absolute Gasteiger partial charge is 0.257 e. The van der Waals surface area contributed by atoms with Gasteiger partial charge in [-0.2, -0.15) is 0 Å². The fraction of sp³-hybridized carbons (Fsp3) is 0.409. The van der Waals surface area contributed by atoms with Crippen molar-refractivity contribution in [3.05, 3.63) is 45.3 Å². The summed E-state index contributed by atoms with van der Waals surface area (Å²) < 4.78 is -0.143. The molecule has 2 N–H and O–H groups in total. The van der Waals surface area contributed by atoms with E-state index in [0.29, 0.717) is 40.5 Å². The molecule has 7 heteroatoms. The van der Waals surface area contributed by atoms with E-state index in [0.717, 1.165) is 28.9 Å². The Morgan fingerprint density at radius 1 is 1.17 bits per heavy atom. The second-order valence-electron chi connectivity index (χ2n) is 8.03. The third kappa shape index (κ3) is 3.51. The number of nitrogen functional groups attached to an aromatic ring is 1. The highest BCUT2D eigenvalue weighted by Gasteiger charge is 2.43. The van der Waals surface area contributed by atoms with Gasteiger partial charge in [0, 0.05) is 34.7 Å².